The maximum absolute atomic E-state index is 13.7. The van der Waals surface area contributed by atoms with E-state index in [1.54, 1.807) is 27.7 Å². The summed E-state index contributed by atoms with van der Waals surface area (Å²) in [6.07, 6.45) is 9.34. The molecule has 0 radical (unpaired) electrons. The topological polar surface area (TPSA) is 94.8 Å². The zero-order valence-electron chi connectivity index (χ0n) is 25.7. The molecule has 9 heteroatoms. The molecule has 1 aliphatic carbocycles. The fraction of sp³-hybridized carbons (Fsp3) is 0.719. The Hall–Kier alpha value is -2.81. The molecular formula is C32H50N4O5. The minimum absolute atomic E-state index is 0.0107. The van der Waals surface area contributed by atoms with Gasteiger partial charge in [0.1, 0.15) is 11.6 Å². The van der Waals surface area contributed by atoms with Crippen LogP contribution in [-0.4, -0.2) is 64.0 Å². The Bertz CT molecular complexity index is 1220. The van der Waals surface area contributed by atoms with Crippen molar-refractivity contribution in [1.29, 1.82) is 0 Å². The third-order valence-electron chi connectivity index (χ3n) is 8.56. The van der Waals surface area contributed by atoms with Gasteiger partial charge in [0.15, 0.2) is 0 Å². The van der Waals surface area contributed by atoms with Crippen molar-refractivity contribution in [3.8, 4) is 0 Å². The van der Waals surface area contributed by atoms with Gasteiger partial charge in [-0.2, -0.15) is 0 Å². The molecule has 4 rings (SSSR count). The molecule has 2 fully saturated rings. The van der Waals surface area contributed by atoms with Crippen LogP contribution in [0, 0.1) is 11.8 Å². The summed E-state index contributed by atoms with van der Waals surface area (Å²) in [5, 5.41) is 2.58. The first-order valence-corrected chi connectivity index (χ1v) is 15.7. The average Bonchev–Trinajstić information content (AvgIpc) is 3.18. The lowest BCUT2D eigenvalue weighted by atomic mass is 9.88. The second kappa shape index (κ2) is 13.9. The number of carbonyl (C=O) groups excluding carboxylic acids is 2. The maximum Gasteiger partial charge on any atom is 0.408 e. The fourth-order valence-electron chi connectivity index (χ4n) is 6.57. The molecule has 1 unspecified atom stereocenters. The highest BCUT2D eigenvalue weighted by molar-refractivity contribution is 5.81. The molecule has 1 aliphatic heterocycles. The number of aryl methyl sites for hydroxylation is 1. The molecule has 228 valence electrons. The number of likely N-dealkylation sites (tertiary alicyclic amines) is 1. The zero-order valence-corrected chi connectivity index (χ0v) is 25.7. The molecule has 1 N–H and O–H groups in total. The summed E-state index contributed by atoms with van der Waals surface area (Å²) in [6.45, 7) is 12.4. The lowest BCUT2D eigenvalue weighted by Crippen LogP contribution is -2.48. The molecule has 2 heterocycles. The molecule has 1 amide bonds. The van der Waals surface area contributed by atoms with Gasteiger partial charge in [-0.05, 0) is 71.9 Å². The standard InChI is InChI=1S/C32H50N4O5/c1-6-35-27-16-12-13-17-28(27)36(31(35)39)26-18-19-34(20-24-14-10-8-7-9-11-15-24)21-25(26)22-40-29(37)23(2)33-30(38)41-32(3,4)5/h12-13,16-17,23-26H,6-11,14-15,18-22H2,1-5H3,(H,33,38)/t23?,25-,26+/m0/s1. The first-order chi connectivity index (χ1) is 19.6. The van der Waals surface area contributed by atoms with Gasteiger partial charge in [-0.25, -0.2) is 14.4 Å². The van der Waals surface area contributed by atoms with Crippen molar-refractivity contribution >= 4 is 23.1 Å². The number of alkyl carbamates (subject to hydrolysis) is 1. The lowest BCUT2D eigenvalue weighted by molar-refractivity contribution is -0.148. The number of nitrogens with one attached hydrogen (secondary N) is 1. The van der Waals surface area contributed by atoms with Crippen molar-refractivity contribution in [3.05, 3.63) is 34.7 Å². The second-order valence-electron chi connectivity index (χ2n) is 13.0. The average molecular weight is 571 g/mol. The van der Waals surface area contributed by atoms with Crippen molar-refractivity contribution in [2.75, 3.05) is 26.2 Å². The molecule has 1 saturated heterocycles. The summed E-state index contributed by atoms with van der Waals surface area (Å²) in [6, 6.07) is 7.02. The third-order valence-corrected chi connectivity index (χ3v) is 8.56. The summed E-state index contributed by atoms with van der Waals surface area (Å²) in [4.78, 5) is 41.3. The van der Waals surface area contributed by atoms with E-state index in [1.165, 1.54) is 44.9 Å². The van der Waals surface area contributed by atoms with Crippen LogP contribution < -0.4 is 11.0 Å². The predicted molar refractivity (Wildman–Crippen MR) is 161 cm³/mol. The minimum atomic E-state index is -0.845. The second-order valence-corrected chi connectivity index (χ2v) is 13.0. The van der Waals surface area contributed by atoms with Crippen LogP contribution in [0.1, 0.15) is 92.0 Å². The molecule has 1 saturated carbocycles. The number of piperidine rings is 1. The molecular weight excluding hydrogens is 520 g/mol. The third kappa shape index (κ3) is 8.15. The number of aromatic nitrogens is 2. The van der Waals surface area contributed by atoms with Crippen molar-refractivity contribution in [3.63, 3.8) is 0 Å². The van der Waals surface area contributed by atoms with Crippen LogP contribution in [0.2, 0.25) is 0 Å². The number of para-hydroxylation sites is 2. The number of rotatable bonds is 8. The van der Waals surface area contributed by atoms with Gasteiger partial charge >= 0.3 is 17.8 Å². The number of benzene rings is 1. The van der Waals surface area contributed by atoms with E-state index in [2.05, 4.69) is 10.2 Å². The smallest absolute Gasteiger partial charge is 0.408 e. The lowest BCUT2D eigenvalue weighted by Gasteiger charge is -2.40. The number of amides is 1. The Morgan fingerprint density at radius 2 is 1.68 bits per heavy atom. The van der Waals surface area contributed by atoms with E-state index in [0.29, 0.717) is 12.5 Å². The Morgan fingerprint density at radius 3 is 2.34 bits per heavy atom. The van der Waals surface area contributed by atoms with Gasteiger partial charge in [0.2, 0.25) is 0 Å². The molecule has 3 atom stereocenters. The number of nitrogens with zero attached hydrogens (tertiary/aromatic N) is 3. The van der Waals surface area contributed by atoms with Gasteiger partial charge in [-0.15, -0.1) is 0 Å². The first kappa shape index (κ1) is 31.1. The van der Waals surface area contributed by atoms with Gasteiger partial charge in [0.25, 0.3) is 0 Å². The summed E-state index contributed by atoms with van der Waals surface area (Å²) in [5.41, 5.74) is 1.19. The normalized spacial score (nSPS) is 22.1. The number of hydrogen-bond donors (Lipinski definition) is 1. The van der Waals surface area contributed by atoms with Gasteiger partial charge in [-0.3, -0.25) is 9.13 Å². The Labute approximate surface area is 244 Å². The van der Waals surface area contributed by atoms with Crippen LogP contribution in [0.5, 0.6) is 0 Å². The quantitative estimate of drug-likeness (QED) is 0.421. The molecule has 9 nitrogen and oxygen atoms in total. The van der Waals surface area contributed by atoms with E-state index in [9.17, 15) is 14.4 Å². The number of imidazole rings is 1. The zero-order chi connectivity index (χ0) is 29.6. The van der Waals surface area contributed by atoms with E-state index >= 15 is 0 Å². The van der Waals surface area contributed by atoms with Crippen molar-refractivity contribution in [1.82, 2.24) is 19.4 Å². The van der Waals surface area contributed by atoms with Gasteiger partial charge in [0, 0.05) is 38.1 Å². The monoisotopic (exact) mass is 570 g/mol. The van der Waals surface area contributed by atoms with Crippen LogP contribution in [0.3, 0.4) is 0 Å². The van der Waals surface area contributed by atoms with Crippen LogP contribution in [0.4, 0.5) is 4.79 Å². The first-order valence-electron chi connectivity index (χ1n) is 15.7. The van der Waals surface area contributed by atoms with Crippen molar-refractivity contribution in [2.24, 2.45) is 11.8 Å². The van der Waals surface area contributed by atoms with E-state index in [1.807, 2.05) is 40.3 Å². The predicted octanol–water partition coefficient (Wildman–Crippen LogP) is 5.50. The van der Waals surface area contributed by atoms with Crippen LogP contribution >= 0.6 is 0 Å². The van der Waals surface area contributed by atoms with Crippen LogP contribution in [-0.2, 0) is 20.8 Å². The number of hydrogen-bond acceptors (Lipinski definition) is 6. The van der Waals surface area contributed by atoms with Crippen molar-refractivity contribution < 1.29 is 19.1 Å². The SMILES string of the molecule is CCn1c(=O)n([C@@H]2CCN(CC3CCCCCCC3)C[C@H]2COC(=O)C(C)NC(=O)OC(C)(C)C)c2ccccc21. The van der Waals surface area contributed by atoms with Crippen LogP contribution in [0.25, 0.3) is 11.0 Å². The molecule has 2 aromatic rings. The molecule has 0 spiro atoms. The minimum Gasteiger partial charge on any atom is -0.464 e. The van der Waals surface area contributed by atoms with E-state index in [-0.39, 0.29) is 24.3 Å². The summed E-state index contributed by atoms with van der Waals surface area (Å²) >= 11 is 0. The Morgan fingerprint density at radius 1 is 1.02 bits per heavy atom. The largest absolute Gasteiger partial charge is 0.464 e. The number of ether oxygens (including phenoxy) is 2. The summed E-state index contributed by atoms with van der Waals surface area (Å²) in [5.74, 6) is 0.136. The maximum atomic E-state index is 13.7. The van der Waals surface area contributed by atoms with E-state index in [4.69, 9.17) is 9.47 Å². The Kier molecular flexibility index (Phi) is 10.6. The summed E-state index contributed by atoms with van der Waals surface area (Å²) in [7, 11) is 0. The molecule has 0 bridgehead atoms. The van der Waals surface area contributed by atoms with Gasteiger partial charge in [-0.1, -0.05) is 44.2 Å². The fourth-order valence-corrected chi connectivity index (χ4v) is 6.57. The number of fused-ring (bicyclic) bond motifs is 1. The highest BCUT2D eigenvalue weighted by atomic mass is 16.6. The number of esters is 1. The van der Waals surface area contributed by atoms with Crippen molar-refractivity contribution in [2.45, 2.75) is 110 Å². The highest BCUT2D eigenvalue weighted by Gasteiger charge is 2.35. The van der Waals surface area contributed by atoms with E-state index < -0.39 is 23.7 Å². The molecule has 1 aromatic carbocycles. The Balaban J connectivity index is 1.51. The summed E-state index contributed by atoms with van der Waals surface area (Å²) < 4.78 is 14.9. The van der Waals surface area contributed by atoms with Crippen LogP contribution in [0.15, 0.2) is 29.1 Å². The number of carbonyl (C=O) groups is 2. The highest BCUT2D eigenvalue weighted by Crippen LogP contribution is 2.32. The van der Waals surface area contributed by atoms with Gasteiger partial charge in [0.05, 0.1) is 17.6 Å². The molecule has 2 aliphatic rings. The van der Waals surface area contributed by atoms with E-state index in [0.717, 1.165) is 37.1 Å². The molecule has 1 aromatic heterocycles. The molecule has 41 heavy (non-hydrogen) atoms. The van der Waals surface area contributed by atoms with Gasteiger partial charge < -0.3 is 19.7 Å².